The summed E-state index contributed by atoms with van der Waals surface area (Å²) in [6.45, 7) is 0.868. The minimum atomic E-state index is -0.399. The molecule has 1 aromatic rings. The number of hydrogen-bond acceptors (Lipinski definition) is 3. The molecule has 0 spiro atoms. The monoisotopic (exact) mass is 285 g/mol. The standard InChI is InChI=1S/C17H23N3O/c18-11-14-6-5-7-15(10-14)12-20-16(21)17(13-19)8-3-1-2-4-9-17/h5-7,10H,1-4,8-9,12-13,19H2,(H,20,21). The Morgan fingerprint density at radius 2 is 2.00 bits per heavy atom. The molecule has 1 aliphatic carbocycles. The molecule has 0 heterocycles. The van der Waals surface area contributed by atoms with Crippen LogP contribution in [0.5, 0.6) is 0 Å². The van der Waals surface area contributed by atoms with E-state index in [9.17, 15) is 4.79 Å². The van der Waals surface area contributed by atoms with Crippen LogP contribution in [0.1, 0.15) is 49.7 Å². The Bertz CT molecular complexity index is 525. The van der Waals surface area contributed by atoms with Gasteiger partial charge in [0, 0.05) is 13.1 Å². The number of hydrogen-bond donors (Lipinski definition) is 2. The lowest BCUT2D eigenvalue weighted by molar-refractivity contribution is -0.131. The van der Waals surface area contributed by atoms with Gasteiger partial charge in [-0.3, -0.25) is 4.79 Å². The molecule has 0 aromatic heterocycles. The average molecular weight is 285 g/mol. The van der Waals surface area contributed by atoms with Gasteiger partial charge in [0.2, 0.25) is 5.91 Å². The molecule has 0 bridgehead atoms. The molecular formula is C17H23N3O. The van der Waals surface area contributed by atoms with Gasteiger partial charge in [-0.1, -0.05) is 37.8 Å². The van der Waals surface area contributed by atoms with E-state index in [1.54, 1.807) is 6.07 Å². The molecule has 1 saturated carbocycles. The highest BCUT2D eigenvalue weighted by Gasteiger charge is 2.36. The molecule has 4 nitrogen and oxygen atoms in total. The van der Waals surface area contributed by atoms with Gasteiger partial charge in [0.1, 0.15) is 0 Å². The Kier molecular flexibility index (Phi) is 5.35. The summed E-state index contributed by atoms with van der Waals surface area (Å²) >= 11 is 0. The van der Waals surface area contributed by atoms with Crippen LogP contribution in [-0.2, 0) is 11.3 Å². The molecule has 1 aromatic carbocycles. The first-order valence-electron chi connectivity index (χ1n) is 7.68. The fourth-order valence-electron chi connectivity index (χ4n) is 3.05. The van der Waals surface area contributed by atoms with Crippen molar-refractivity contribution in [3.8, 4) is 6.07 Å². The number of nitrogens with zero attached hydrogens (tertiary/aromatic N) is 1. The highest BCUT2D eigenvalue weighted by atomic mass is 16.2. The second-order valence-electron chi connectivity index (χ2n) is 5.89. The van der Waals surface area contributed by atoms with Crippen molar-refractivity contribution >= 4 is 5.91 Å². The lowest BCUT2D eigenvalue weighted by atomic mass is 9.79. The van der Waals surface area contributed by atoms with E-state index in [1.807, 2.05) is 18.2 Å². The van der Waals surface area contributed by atoms with Gasteiger partial charge in [0.25, 0.3) is 0 Å². The molecule has 0 radical (unpaired) electrons. The third-order valence-corrected chi connectivity index (χ3v) is 4.44. The van der Waals surface area contributed by atoms with Gasteiger partial charge in [-0.2, -0.15) is 5.26 Å². The summed E-state index contributed by atoms with van der Waals surface area (Å²) < 4.78 is 0. The van der Waals surface area contributed by atoms with Crippen LogP contribution in [0.15, 0.2) is 24.3 Å². The smallest absolute Gasteiger partial charge is 0.227 e. The van der Waals surface area contributed by atoms with Crippen LogP contribution in [0.3, 0.4) is 0 Å². The predicted octanol–water partition coefficient (Wildman–Crippen LogP) is 2.47. The van der Waals surface area contributed by atoms with Crippen molar-refractivity contribution in [2.45, 2.75) is 45.1 Å². The van der Waals surface area contributed by atoms with Gasteiger partial charge in [-0.25, -0.2) is 0 Å². The SMILES string of the molecule is N#Cc1cccc(CNC(=O)C2(CN)CCCCCC2)c1. The van der Waals surface area contributed by atoms with Gasteiger partial charge in [0.05, 0.1) is 17.0 Å². The van der Waals surface area contributed by atoms with Crippen molar-refractivity contribution in [1.29, 1.82) is 5.26 Å². The largest absolute Gasteiger partial charge is 0.352 e. The van der Waals surface area contributed by atoms with Gasteiger partial charge >= 0.3 is 0 Å². The molecule has 21 heavy (non-hydrogen) atoms. The Labute approximate surface area is 126 Å². The van der Waals surface area contributed by atoms with Crippen LogP contribution < -0.4 is 11.1 Å². The van der Waals surface area contributed by atoms with Crippen LogP contribution in [0.25, 0.3) is 0 Å². The number of rotatable bonds is 4. The molecule has 1 aliphatic rings. The molecule has 3 N–H and O–H groups in total. The fourth-order valence-corrected chi connectivity index (χ4v) is 3.05. The third kappa shape index (κ3) is 3.83. The number of nitrogens with one attached hydrogen (secondary N) is 1. The first-order chi connectivity index (χ1) is 10.2. The molecule has 0 atom stereocenters. The first-order valence-corrected chi connectivity index (χ1v) is 7.68. The van der Waals surface area contributed by atoms with E-state index in [-0.39, 0.29) is 5.91 Å². The van der Waals surface area contributed by atoms with E-state index in [2.05, 4.69) is 11.4 Å². The van der Waals surface area contributed by atoms with E-state index in [0.29, 0.717) is 18.7 Å². The quantitative estimate of drug-likeness (QED) is 0.834. The molecule has 2 rings (SSSR count). The highest BCUT2D eigenvalue weighted by Crippen LogP contribution is 2.34. The van der Waals surface area contributed by atoms with Crippen molar-refractivity contribution in [2.75, 3.05) is 6.54 Å². The van der Waals surface area contributed by atoms with E-state index in [4.69, 9.17) is 11.0 Å². The highest BCUT2D eigenvalue weighted by molar-refractivity contribution is 5.82. The number of benzene rings is 1. The van der Waals surface area contributed by atoms with Gasteiger partial charge in [-0.05, 0) is 30.5 Å². The summed E-state index contributed by atoms with van der Waals surface area (Å²) in [5.74, 6) is 0.0641. The lowest BCUT2D eigenvalue weighted by Gasteiger charge is -2.29. The first kappa shape index (κ1) is 15.5. The van der Waals surface area contributed by atoms with Crippen LogP contribution >= 0.6 is 0 Å². The van der Waals surface area contributed by atoms with Gasteiger partial charge in [-0.15, -0.1) is 0 Å². The summed E-state index contributed by atoms with van der Waals surface area (Å²) in [6.07, 6.45) is 6.31. The number of nitriles is 1. The van der Waals surface area contributed by atoms with Crippen molar-refractivity contribution in [2.24, 2.45) is 11.1 Å². The Morgan fingerprint density at radius 3 is 2.62 bits per heavy atom. The van der Waals surface area contributed by atoms with Crippen molar-refractivity contribution in [1.82, 2.24) is 5.32 Å². The van der Waals surface area contributed by atoms with Gasteiger partial charge in [0.15, 0.2) is 0 Å². The molecular weight excluding hydrogens is 262 g/mol. The summed E-state index contributed by atoms with van der Waals surface area (Å²) in [7, 11) is 0. The maximum absolute atomic E-state index is 12.6. The Morgan fingerprint density at radius 1 is 1.29 bits per heavy atom. The molecule has 1 amide bonds. The van der Waals surface area contributed by atoms with Crippen LogP contribution in [0.2, 0.25) is 0 Å². The van der Waals surface area contributed by atoms with Crippen molar-refractivity contribution in [3.05, 3.63) is 35.4 Å². The summed E-state index contributed by atoms with van der Waals surface area (Å²) in [4.78, 5) is 12.6. The molecule has 0 aliphatic heterocycles. The van der Waals surface area contributed by atoms with Crippen LogP contribution in [0, 0.1) is 16.7 Å². The molecule has 0 saturated heterocycles. The summed E-state index contributed by atoms with van der Waals surface area (Å²) in [5.41, 5.74) is 7.08. The van der Waals surface area contributed by atoms with Crippen LogP contribution in [-0.4, -0.2) is 12.5 Å². The number of amides is 1. The van der Waals surface area contributed by atoms with Gasteiger partial charge < -0.3 is 11.1 Å². The summed E-state index contributed by atoms with van der Waals surface area (Å²) in [5, 5.41) is 11.9. The van der Waals surface area contributed by atoms with E-state index >= 15 is 0 Å². The zero-order valence-electron chi connectivity index (χ0n) is 12.4. The molecule has 1 fully saturated rings. The summed E-state index contributed by atoms with van der Waals surface area (Å²) in [6, 6.07) is 9.44. The topological polar surface area (TPSA) is 78.9 Å². The van der Waals surface area contributed by atoms with Crippen molar-refractivity contribution in [3.63, 3.8) is 0 Å². The predicted molar refractivity (Wildman–Crippen MR) is 82.2 cm³/mol. The number of carbonyl (C=O) groups excluding carboxylic acids is 1. The number of nitrogens with two attached hydrogens (primary N) is 1. The Balaban J connectivity index is 2.00. The molecule has 4 heteroatoms. The normalized spacial score (nSPS) is 17.5. The zero-order valence-corrected chi connectivity index (χ0v) is 12.4. The maximum atomic E-state index is 12.6. The molecule has 112 valence electrons. The Hall–Kier alpha value is -1.86. The second kappa shape index (κ2) is 7.24. The lowest BCUT2D eigenvalue weighted by Crippen LogP contribution is -2.45. The third-order valence-electron chi connectivity index (χ3n) is 4.44. The van der Waals surface area contributed by atoms with E-state index in [1.165, 1.54) is 12.8 Å². The van der Waals surface area contributed by atoms with E-state index in [0.717, 1.165) is 31.2 Å². The number of carbonyl (C=O) groups is 1. The minimum absolute atomic E-state index is 0.0641. The zero-order chi connectivity index (χ0) is 15.1. The van der Waals surface area contributed by atoms with E-state index < -0.39 is 5.41 Å². The minimum Gasteiger partial charge on any atom is -0.352 e. The average Bonchev–Trinajstić information content (AvgIpc) is 2.79. The maximum Gasteiger partial charge on any atom is 0.227 e. The second-order valence-corrected chi connectivity index (χ2v) is 5.89. The fraction of sp³-hybridized carbons (Fsp3) is 0.529. The van der Waals surface area contributed by atoms with Crippen LogP contribution in [0.4, 0.5) is 0 Å². The molecule has 0 unspecified atom stereocenters. The van der Waals surface area contributed by atoms with Crippen molar-refractivity contribution < 1.29 is 4.79 Å².